The van der Waals surface area contributed by atoms with Crippen molar-refractivity contribution in [2.24, 2.45) is 4.99 Å². The molecule has 0 saturated carbocycles. The van der Waals surface area contributed by atoms with Gasteiger partial charge in [-0.1, -0.05) is 71.5 Å². The van der Waals surface area contributed by atoms with E-state index >= 15 is 0 Å². The van der Waals surface area contributed by atoms with Crippen LogP contribution in [-0.4, -0.2) is 33.0 Å². The Morgan fingerprint density at radius 2 is 1.77 bits per heavy atom. The van der Waals surface area contributed by atoms with Crippen molar-refractivity contribution in [1.29, 1.82) is 5.26 Å². The highest BCUT2D eigenvalue weighted by Gasteiger charge is 2.34. The number of halogens is 1. The second-order valence-corrected chi connectivity index (χ2v) is 12.1. The summed E-state index contributed by atoms with van der Waals surface area (Å²) >= 11 is 7.54. The fourth-order valence-electron chi connectivity index (χ4n) is 5.85. The number of nitriles is 1. The number of likely N-dealkylation sites (N-methyl/N-ethyl adjacent to an activating group) is 1. The minimum atomic E-state index is -0.636. The summed E-state index contributed by atoms with van der Waals surface area (Å²) in [6.45, 7) is 7.34. The lowest BCUT2D eigenvalue weighted by Gasteiger charge is -2.29. The first kappa shape index (κ1) is 29.4. The number of amides is 1. The zero-order valence-electron chi connectivity index (χ0n) is 24.6. The molecule has 0 aliphatic carbocycles. The number of para-hydroxylation sites is 1. The molecule has 0 saturated heterocycles. The van der Waals surface area contributed by atoms with Gasteiger partial charge >= 0.3 is 0 Å². The second kappa shape index (κ2) is 12.1. The normalized spacial score (nSPS) is 14.8. The number of nitrogens with zero attached hydrogens (tertiary/aromatic N) is 5. The van der Waals surface area contributed by atoms with Gasteiger partial charge in [0.1, 0.15) is 0 Å². The van der Waals surface area contributed by atoms with E-state index in [1.165, 1.54) is 11.3 Å². The van der Waals surface area contributed by atoms with Crippen LogP contribution in [-0.2, 0) is 11.3 Å². The molecule has 0 fully saturated rings. The van der Waals surface area contributed by atoms with Crippen LogP contribution in [0, 0.1) is 11.3 Å². The number of thiazole rings is 1. The number of rotatable bonds is 7. The lowest BCUT2D eigenvalue weighted by molar-refractivity contribution is -0.127. The minimum absolute atomic E-state index is 0.133. The van der Waals surface area contributed by atoms with Gasteiger partial charge in [0.25, 0.3) is 11.5 Å². The molecule has 2 aromatic heterocycles. The molecule has 1 amide bonds. The lowest BCUT2D eigenvalue weighted by Crippen LogP contribution is -2.43. The maximum Gasteiger partial charge on any atom is 0.271 e. The van der Waals surface area contributed by atoms with Gasteiger partial charge in [-0.15, -0.1) is 0 Å². The Kier molecular flexibility index (Phi) is 8.09. The van der Waals surface area contributed by atoms with Crippen LogP contribution in [0.5, 0.6) is 0 Å². The monoisotopic (exact) mass is 619 g/mol. The Hall–Kier alpha value is -4.71. The zero-order chi connectivity index (χ0) is 31.0. The summed E-state index contributed by atoms with van der Waals surface area (Å²) in [5, 5.41) is 11.2. The number of carbonyl (C=O) groups excluding carboxylic acids is 1. The Balaban J connectivity index is 1.52. The van der Waals surface area contributed by atoms with E-state index in [-0.39, 0.29) is 11.5 Å². The number of aromatic nitrogens is 2. The van der Waals surface area contributed by atoms with E-state index in [9.17, 15) is 14.9 Å². The Morgan fingerprint density at radius 1 is 1.07 bits per heavy atom. The number of hydrogen-bond acceptors (Lipinski definition) is 5. The largest absolute Gasteiger partial charge is 0.342 e. The predicted molar refractivity (Wildman–Crippen MR) is 175 cm³/mol. The van der Waals surface area contributed by atoms with Gasteiger partial charge in [0.05, 0.1) is 33.5 Å². The SMILES string of the molecule is CCN(CC)C(=O)C1=C(C)N=c2s/c(=C/c3cn(Cc4ccccc4C#N)c4ccccc34)c(=O)n2[C@H]1c1ccc(Cl)cc1. The first-order chi connectivity index (χ1) is 21.3. The molecule has 0 N–H and O–H groups in total. The van der Waals surface area contributed by atoms with Crippen LogP contribution in [0.3, 0.4) is 0 Å². The number of benzene rings is 3. The predicted octanol–water partition coefficient (Wildman–Crippen LogP) is 5.63. The maximum absolute atomic E-state index is 14.2. The van der Waals surface area contributed by atoms with Gasteiger partial charge < -0.3 is 9.47 Å². The molecule has 9 heteroatoms. The highest BCUT2D eigenvalue weighted by molar-refractivity contribution is 7.07. The van der Waals surface area contributed by atoms with E-state index in [1.54, 1.807) is 21.6 Å². The molecule has 7 nitrogen and oxygen atoms in total. The molecule has 220 valence electrons. The van der Waals surface area contributed by atoms with Crippen molar-refractivity contribution in [3.63, 3.8) is 0 Å². The molecule has 5 aromatic rings. The molecule has 3 heterocycles. The van der Waals surface area contributed by atoms with Gasteiger partial charge in [-0.2, -0.15) is 5.26 Å². The minimum Gasteiger partial charge on any atom is -0.342 e. The molecule has 3 aromatic carbocycles. The van der Waals surface area contributed by atoms with E-state index in [2.05, 4.69) is 10.6 Å². The summed E-state index contributed by atoms with van der Waals surface area (Å²) in [7, 11) is 0. The van der Waals surface area contributed by atoms with Crippen molar-refractivity contribution >= 4 is 45.8 Å². The number of allylic oxidation sites excluding steroid dienone is 1. The molecule has 1 atom stereocenters. The van der Waals surface area contributed by atoms with Gasteiger partial charge in [0.15, 0.2) is 4.80 Å². The van der Waals surface area contributed by atoms with Crippen LogP contribution in [0.15, 0.2) is 100 Å². The third kappa shape index (κ3) is 5.19. The van der Waals surface area contributed by atoms with E-state index in [0.717, 1.165) is 27.6 Å². The van der Waals surface area contributed by atoms with Crippen LogP contribution >= 0.6 is 22.9 Å². The molecule has 0 radical (unpaired) electrons. The van der Waals surface area contributed by atoms with Crippen molar-refractivity contribution < 1.29 is 4.79 Å². The zero-order valence-corrected chi connectivity index (χ0v) is 26.2. The van der Waals surface area contributed by atoms with Crippen molar-refractivity contribution in [1.82, 2.24) is 14.0 Å². The molecular formula is C35H30ClN5O2S. The Bertz CT molecular complexity index is 2160. The smallest absolute Gasteiger partial charge is 0.271 e. The molecule has 1 aliphatic heterocycles. The van der Waals surface area contributed by atoms with Crippen molar-refractivity contribution in [2.45, 2.75) is 33.4 Å². The Labute approximate surface area is 263 Å². The summed E-state index contributed by atoms with van der Waals surface area (Å²) in [5.41, 5.74) is 5.11. The molecule has 0 unspecified atom stereocenters. The molecular weight excluding hydrogens is 590 g/mol. The second-order valence-electron chi connectivity index (χ2n) is 10.6. The number of hydrogen-bond donors (Lipinski definition) is 0. The topological polar surface area (TPSA) is 83.4 Å². The maximum atomic E-state index is 14.2. The number of carbonyl (C=O) groups is 1. The van der Waals surface area contributed by atoms with Crippen LogP contribution < -0.4 is 14.9 Å². The van der Waals surface area contributed by atoms with Gasteiger partial charge in [-0.3, -0.25) is 14.2 Å². The van der Waals surface area contributed by atoms with E-state index < -0.39 is 6.04 Å². The summed E-state index contributed by atoms with van der Waals surface area (Å²) in [6.07, 6.45) is 3.93. The molecule has 44 heavy (non-hydrogen) atoms. The van der Waals surface area contributed by atoms with Gasteiger partial charge in [-0.05, 0) is 62.2 Å². The van der Waals surface area contributed by atoms with Crippen molar-refractivity contribution in [2.75, 3.05) is 13.1 Å². The van der Waals surface area contributed by atoms with Gasteiger partial charge in [0.2, 0.25) is 0 Å². The summed E-state index contributed by atoms with van der Waals surface area (Å²) in [6, 6.07) is 24.5. The first-order valence-corrected chi connectivity index (χ1v) is 15.7. The summed E-state index contributed by atoms with van der Waals surface area (Å²) < 4.78 is 4.27. The Morgan fingerprint density at radius 3 is 2.50 bits per heavy atom. The van der Waals surface area contributed by atoms with Crippen LogP contribution in [0.2, 0.25) is 5.02 Å². The molecule has 1 aliphatic rings. The molecule has 0 spiro atoms. The quantitative estimate of drug-likeness (QED) is 0.237. The fourth-order valence-corrected chi connectivity index (χ4v) is 7.01. The third-order valence-electron chi connectivity index (χ3n) is 8.07. The highest BCUT2D eigenvalue weighted by atomic mass is 35.5. The van der Waals surface area contributed by atoms with E-state index in [1.807, 2.05) is 93.7 Å². The third-order valence-corrected chi connectivity index (χ3v) is 9.31. The first-order valence-electron chi connectivity index (χ1n) is 14.5. The molecule has 6 rings (SSSR count). The van der Waals surface area contributed by atoms with Gasteiger partial charge in [0, 0.05) is 47.3 Å². The average Bonchev–Trinajstić information content (AvgIpc) is 3.53. The van der Waals surface area contributed by atoms with E-state index in [0.29, 0.717) is 50.8 Å². The average molecular weight is 620 g/mol. The van der Waals surface area contributed by atoms with Crippen molar-refractivity contribution in [3.05, 3.63) is 137 Å². The van der Waals surface area contributed by atoms with E-state index in [4.69, 9.17) is 16.6 Å². The van der Waals surface area contributed by atoms with Gasteiger partial charge in [-0.25, -0.2) is 4.99 Å². The molecule has 0 bridgehead atoms. The van der Waals surface area contributed by atoms with Crippen LogP contribution in [0.4, 0.5) is 0 Å². The lowest BCUT2D eigenvalue weighted by atomic mass is 9.94. The standard InChI is InChI=1S/C35H30ClN5O2S/c1-4-39(5-2)34(43)31-22(3)38-35-41(32(31)23-14-16-27(36)17-15-23)33(42)30(44-35)18-26-21-40(29-13-9-8-12-28(26)29)20-25-11-7-6-10-24(25)19-37/h6-18,21,32H,4-5,20H2,1-3H3/b30-18+/t32-/m0/s1. The van der Waals surface area contributed by atoms with Crippen LogP contribution in [0.1, 0.15) is 49.1 Å². The summed E-state index contributed by atoms with van der Waals surface area (Å²) in [5.74, 6) is -0.133. The van der Waals surface area contributed by atoms with Crippen molar-refractivity contribution in [3.8, 4) is 6.07 Å². The number of fused-ring (bicyclic) bond motifs is 2. The fraction of sp³-hybridized carbons (Fsp3) is 0.200. The van der Waals surface area contributed by atoms with Crippen LogP contribution in [0.25, 0.3) is 17.0 Å². The highest BCUT2D eigenvalue weighted by Crippen LogP contribution is 2.32. The summed E-state index contributed by atoms with van der Waals surface area (Å²) in [4.78, 5) is 35.1.